The van der Waals surface area contributed by atoms with Crippen molar-refractivity contribution >= 4 is 0 Å². The maximum absolute atomic E-state index is 2.44. The van der Waals surface area contributed by atoms with Gasteiger partial charge in [0, 0.05) is 0 Å². The quantitative estimate of drug-likeness (QED) is 0.525. The molecule has 0 aliphatic carbocycles. The molecular formula is C24H34. The molecule has 3 atom stereocenters. The van der Waals surface area contributed by atoms with Crippen molar-refractivity contribution in [1.29, 1.82) is 0 Å². The minimum atomic E-state index is 0.584. The third-order valence-corrected chi connectivity index (χ3v) is 5.92. The monoisotopic (exact) mass is 322 g/mol. The van der Waals surface area contributed by atoms with Gasteiger partial charge in [-0.25, -0.2) is 0 Å². The number of hydrogen-bond donors (Lipinski definition) is 0. The van der Waals surface area contributed by atoms with Crippen molar-refractivity contribution in [2.24, 2.45) is 5.92 Å². The molecule has 0 spiro atoms. The van der Waals surface area contributed by atoms with E-state index in [0.717, 1.165) is 0 Å². The summed E-state index contributed by atoms with van der Waals surface area (Å²) < 4.78 is 0. The maximum atomic E-state index is 2.44. The minimum Gasteiger partial charge on any atom is -0.0651 e. The zero-order valence-electron chi connectivity index (χ0n) is 16.6. The van der Waals surface area contributed by atoms with Crippen molar-refractivity contribution in [3.05, 3.63) is 69.8 Å². The van der Waals surface area contributed by atoms with E-state index in [0.29, 0.717) is 17.8 Å². The van der Waals surface area contributed by atoms with Gasteiger partial charge in [-0.1, -0.05) is 63.6 Å². The Morgan fingerprint density at radius 3 is 1.46 bits per heavy atom. The lowest BCUT2D eigenvalue weighted by atomic mass is 9.69. The summed E-state index contributed by atoms with van der Waals surface area (Å²) >= 11 is 0. The van der Waals surface area contributed by atoms with Crippen LogP contribution in [0.1, 0.15) is 78.8 Å². The van der Waals surface area contributed by atoms with Gasteiger partial charge in [0.2, 0.25) is 0 Å². The SMILES string of the molecule is CCC(C)C(c1c(C)cccc1C)C(CC)c1c(C)cccc1C. The number of rotatable bonds is 6. The molecular weight excluding hydrogens is 288 g/mol. The van der Waals surface area contributed by atoms with E-state index in [1.807, 2.05) is 0 Å². The highest BCUT2D eigenvalue weighted by atomic mass is 14.3. The Morgan fingerprint density at radius 1 is 0.667 bits per heavy atom. The van der Waals surface area contributed by atoms with Crippen LogP contribution in [0, 0.1) is 33.6 Å². The van der Waals surface area contributed by atoms with Gasteiger partial charge < -0.3 is 0 Å². The van der Waals surface area contributed by atoms with Crippen LogP contribution in [-0.4, -0.2) is 0 Å². The molecule has 0 aliphatic rings. The fraction of sp³-hybridized carbons (Fsp3) is 0.500. The molecule has 0 heteroatoms. The topological polar surface area (TPSA) is 0 Å². The summed E-state index contributed by atoms with van der Waals surface area (Å²) in [5.41, 5.74) is 8.95. The highest BCUT2D eigenvalue weighted by Crippen LogP contribution is 2.45. The number of aryl methyl sites for hydroxylation is 4. The maximum Gasteiger partial charge on any atom is -0.00621 e. The van der Waals surface area contributed by atoms with Crippen LogP contribution in [0.2, 0.25) is 0 Å². The standard InChI is InChI=1S/C24H34/c1-8-16(3)24(23-19(6)14-11-15-20(23)7)21(9-2)22-17(4)12-10-13-18(22)5/h10-16,21,24H,8-9H2,1-7H3. The molecule has 0 radical (unpaired) electrons. The molecule has 0 saturated carbocycles. The van der Waals surface area contributed by atoms with Crippen LogP contribution in [0.5, 0.6) is 0 Å². The highest BCUT2D eigenvalue weighted by molar-refractivity contribution is 5.43. The predicted molar refractivity (Wildman–Crippen MR) is 107 cm³/mol. The second-order valence-corrected chi connectivity index (χ2v) is 7.54. The van der Waals surface area contributed by atoms with Crippen LogP contribution in [-0.2, 0) is 0 Å². The minimum absolute atomic E-state index is 0.584. The molecule has 0 saturated heterocycles. The highest BCUT2D eigenvalue weighted by Gasteiger charge is 2.31. The zero-order valence-corrected chi connectivity index (χ0v) is 16.6. The van der Waals surface area contributed by atoms with Crippen LogP contribution < -0.4 is 0 Å². The van der Waals surface area contributed by atoms with E-state index in [1.165, 1.54) is 35.1 Å². The summed E-state index contributed by atoms with van der Waals surface area (Å²) in [4.78, 5) is 0. The van der Waals surface area contributed by atoms with Crippen LogP contribution in [0.3, 0.4) is 0 Å². The average molecular weight is 323 g/mol. The van der Waals surface area contributed by atoms with Crippen molar-refractivity contribution in [2.45, 2.75) is 73.1 Å². The number of benzene rings is 2. The summed E-state index contributed by atoms with van der Waals surface area (Å²) in [6.07, 6.45) is 2.41. The third kappa shape index (κ3) is 3.58. The Labute approximate surface area is 149 Å². The molecule has 0 N–H and O–H groups in total. The molecule has 0 nitrogen and oxygen atoms in total. The van der Waals surface area contributed by atoms with E-state index >= 15 is 0 Å². The molecule has 2 rings (SSSR count). The van der Waals surface area contributed by atoms with Gasteiger partial charge in [0.1, 0.15) is 0 Å². The Kier molecular flexibility index (Phi) is 6.27. The van der Waals surface area contributed by atoms with E-state index < -0.39 is 0 Å². The van der Waals surface area contributed by atoms with E-state index in [9.17, 15) is 0 Å². The molecule has 0 bridgehead atoms. The van der Waals surface area contributed by atoms with Crippen molar-refractivity contribution < 1.29 is 0 Å². The number of hydrogen-bond acceptors (Lipinski definition) is 0. The first-order chi connectivity index (χ1) is 11.4. The van der Waals surface area contributed by atoms with E-state index in [1.54, 1.807) is 11.1 Å². The van der Waals surface area contributed by atoms with Gasteiger partial charge in [0.15, 0.2) is 0 Å². The molecule has 0 aliphatic heterocycles. The van der Waals surface area contributed by atoms with E-state index in [4.69, 9.17) is 0 Å². The third-order valence-electron chi connectivity index (χ3n) is 5.92. The molecule has 0 heterocycles. The first-order valence-corrected chi connectivity index (χ1v) is 9.54. The van der Waals surface area contributed by atoms with Crippen molar-refractivity contribution in [1.82, 2.24) is 0 Å². The lowest BCUT2D eigenvalue weighted by molar-refractivity contribution is 0.372. The van der Waals surface area contributed by atoms with Gasteiger partial charge in [-0.05, 0) is 85.3 Å². The first kappa shape index (κ1) is 18.8. The smallest absolute Gasteiger partial charge is 0.00621 e. The van der Waals surface area contributed by atoms with Gasteiger partial charge in [-0.3, -0.25) is 0 Å². The summed E-state index contributed by atoms with van der Waals surface area (Å²) in [6, 6.07) is 13.5. The van der Waals surface area contributed by atoms with Gasteiger partial charge in [-0.15, -0.1) is 0 Å². The normalized spacial score (nSPS) is 15.1. The summed E-state index contributed by atoms with van der Waals surface area (Å²) in [6.45, 7) is 16.3. The van der Waals surface area contributed by atoms with Gasteiger partial charge in [-0.2, -0.15) is 0 Å². The summed E-state index contributed by atoms with van der Waals surface area (Å²) in [5, 5.41) is 0. The zero-order chi connectivity index (χ0) is 17.9. The largest absolute Gasteiger partial charge is 0.0651 e. The van der Waals surface area contributed by atoms with E-state index in [2.05, 4.69) is 84.9 Å². The first-order valence-electron chi connectivity index (χ1n) is 9.54. The van der Waals surface area contributed by atoms with Gasteiger partial charge in [0.25, 0.3) is 0 Å². The Bertz CT molecular complexity index is 640. The molecule has 130 valence electrons. The molecule has 0 amide bonds. The Hall–Kier alpha value is -1.56. The lowest BCUT2D eigenvalue weighted by Gasteiger charge is -2.35. The predicted octanol–water partition coefficient (Wildman–Crippen LogP) is 7.24. The lowest BCUT2D eigenvalue weighted by Crippen LogP contribution is -2.21. The molecule has 24 heavy (non-hydrogen) atoms. The molecule has 0 fully saturated rings. The molecule has 0 aromatic heterocycles. The van der Waals surface area contributed by atoms with Crippen molar-refractivity contribution in [2.75, 3.05) is 0 Å². The Balaban J connectivity index is 2.66. The Morgan fingerprint density at radius 2 is 1.08 bits per heavy atom. The van der Waals surface area contributed by atoms with Crippen LogP contribution >= 0.6 is 0 Å². The fourth-order valence-corrected chi connectivity index (χ4v) is 4.54. The van der Waals surface area contributed by atoms with E-state index in [-0.39, 0.29) is 0 Å². The van der Waals surface area contributed by atoms with Crippen LogP contribution in [0.4, 0.5) is 0 Å². The summed E-state index contributed by atoms with van der Waals surface area (Å²) in [7, 11) is 0. The van der Waals surface area contributed by atoms with Crippen LogP contribution in [0.25, 0.3) is 0 Å². The van der Waals surface area contributed by atoms with Crippen molar-refractivity contribution in [3.63, 3.8) is 0 Å². The van der Waals surface area contributed by atoms with Gasteiger partial charge >= 0.3 is 0 Å². The summed E-state index contributed by atoms with van der Waals surface area (Å²) in [5.74, 6) is 1.84. The van der Waals surface area contributed by atoms with Crippen molar-refractivity contribution in [3.8, 4) is 0 Å². The average Bonchev–Trinajstić information content (AvgIpc) is 2.55. The molecule has 2 aromatic rings. The molecule has 2 aromatic carbocycles. The second-order valence-electron chi connectivity index (χ2n) is 7.54. The van der Waals surface area contributed by atoms with Gasteiger partial charge in [0.05, 0.1) is 0 Å². The molecule has 3 unspecified atom stereocenters. The van der Waals surface area contributed by atoms with Crippen LogP contribution in [0.15, 0.2) is 36.4 Å². The second kappa shape index (κ2) is 8.01. The fourth-order valence-electron chi connectivity index (χ4n) is 4.54.